The van der Waals surface area contributed by atoms with E-state index in [0.717, 1.165) is 29.7 Å². The van der Waals surface area contributed by atoms with Gasteiger partial charge < -0.3 is 5.32 Å². The SMILES string of the molecule is CC(C)C1CCC(CNC2CC2)C(c2ccccc2)C1. The monoisotopic (exact) mass is 271 g/mol. The molecular weight excluding hydrogens is 242 g/mol. The topological polar surface area (TPSA) is 12.0 Å². The predicted molar refractivity (Wildman–Crippen MR) is 85.9 cm³/mol. The number of hydrogen-bond acceptors (Lipinski definition) is 1. The molecule has 0 saturated heterocycles. The maximum atomic E-state index is 3.77. The van der Waals surface area contributed by atoms with Crippen molar-refractivity contribution in [2.24, 2.45) is 17.8 Å². The highest BCUT2D eigenvalue weighted by Crippen LogP contribution is 2.43. The molecule has 3 unspecified atom stereocenters. The molecule has 0 aromatic heterocycles. The molecule has 20 heavy (non-hydrogen) atoms. The van der Waals surface area contributed by atoms with Crippen LogP contribution < -0.4 is 5.32 Å². The first kappa shape index (κ1) is 14.1. The molecule has 0 heterocycles. The quantitative estimate of drug-likeness (QED) is 0.825. The fourth-order valence-electron chi connectivity index (χ4n) is 3.83. The van der Waals surface area contributed by atoms with Crippen LogP contribution in [0.3, 0.4) is 0 Å². The zero-order valence-electron chi connectivity index (χ0n) is 13.0. The minimum atomic E-state index is 0.767. The van der Waals surface area contributed by atoms with E-state index in [1.165, 1.54) is 38.6 Å². The fraction of sp³-hybridized carbons (Fsp3) is 0.684. The third kappa shape index (κ3) is 3.44. The van der Waals surface area contributed by atoms with Gasteiger partial charge in [-0.25, -0.2) is 0 Å². The number of benzene rings is 1. The van der Waals surface area contributed by atoms with Crippen LogP contribution in [0.25, 0.3) is 0 Å². The second-order valence-electron chi connectivity index (χ2n) is 7.28. The Hall–Kier alpha value is -0.820. The van der Waals surface area contributed by atoms with Crippen molar-refractivity contribution >= 4 is 0 Å². The van der Waals surface area contributed by atoms with Crippen molar-refractivity contribution in [3.63, 3.8) is 0 Å². The lowest BCUT2D eigenvalue weighted by molar-refractivity contribution is 0.190. The molecule has 0 spiro atoms. The number of rotatable bonds is 5. The second-order valence-corrected chi connectivity index (χ2v) is 7.28. The zero-order chi connectivity index (χ0) is 13.9. The van der Waals surface area contributed by atoms with Crippen LogP contribution in [-0.2, 0) is 0 Å². The summed E-state index contributed by atoms with van der Waals surface area (Å²) >= 11 is 0. The molecular formula is C19H29N. The van der Waals surface area contributed by atoms with E-state index in [1.54, 1.807) is 5.56 Å². The molecule has 0 aliphatic heterocycles. The Bertz CT molecular complexity index is 407. The standard InChI is InChI=1S/C19H29N/c1-14(2)16-8-9-17(13-20-18-10-11-18)19(12-16)15-6-4-3-5-7-15/h3-7,14,16-20H,8-13H2,1-2H3. The summed E-state index contributed by atoms with van der Waals surface area (Å²) in [7, 11) is 0. The summed E-state index contributed by atoms with van der Waals surface area (Å²) in [5.41, 5.74) is 1.57. The van der Waals surface area contributed by atoms with Crippen molar-refractivity contribution in [3.05, 3.63) is 35.9 Å². The summed E-state index contributed by atoms with van der Waals surface area (Å²) < 4.78 is 0. The molecule has 3 atom stereocenters. The highest BCUT2D eigenvalue weighted by atomic mass is 14.9. The van der Waals surface area contributed by atoms with E-state index in [4.69, 9.17) is 0 Å². The molecule has 3 rings (SSSR count). The Morgan fingerprint density at radius 3 is 2.45 bits per heavy atom. The first-order chi connectivity index (χ1) is 9.74. The van der Waals surface area contributed by atoms with Crippen LogP contribution in [0.5, 0.6) is 0 Å². The molecule has 110 valence electrons. The smallest absolute Gasteiger partial charge is 0.00683 e. The Balaban J connectivity index is 1.70. The van der Waals surface area contributed by atoms with Crippen molar-refractivity contribution in [2.75, 3.05) is 6.54 Å². The van der Waals surface area contributed by atoms with Crippen LogP contribution in [0.4, 0.5) is 0 Å². The third-order valence-corrected chi connectivity index (χ3v) is 5.45. The van der Waals surface area contributed by atoms with Crippen LogP contribution in [0.1, 0.15) is 57.4 Å². The summed E-state index contributed by atoms with van der Waals surface area (Å²) in [5, 5.41) is 3.77. The summed E-state index contributed by atoms with van der Waals surface area (Å²) in [6, 6.07) is 12.1. The summed E-state index contributed by atoms with van der Waals surface area (Å²) in [5.74, 6) is 3.35. The zero-order valence-corrected chi connectivity index (χ0v) is 13.0. The van der Waals surface area contributed by atoms with E-state index in [9.17, 15) is 0 Å². The van der Waals surface area contributed by atoms with Gasteiger partial charge in [-0.1, -0.05) is 44.2 Å². The van der Waals surface area contributed by atoms with E-state index in [1.807, 2.05) is 0 Å². The molecule has 0 radical (unpaired) electrons. The molecule has 2 saturated carbocycles. The van der Waals surface area contributed by atoms with E-state index in [2.05, 4.69) is 49.5 Å². The lowest BCUT2D eigenvalue weighted by Gasteiger charge is -2.38. The average Bonchev–Trinajstić information content (AvgIpc) is 3.30. The molecule has 1 aromatic rings. The van der Waals surface area contributed by atoms with Crippen molar-refractivity contribution in [1.29, 1.82) is 0 Å². The van der Waals surface area contributed by atoms with Gasteiger partial charge in [0.15, 0.2) is 0 Å². The maximum Gasteiger partial charge on any atom is 0.00683 e. The molecule has 2 aliphatic carbocycles. The Kier molecular flexibility index (Phi) is 4.45. The Labute approximate surface area is 124 Å². The first-order valence-corrected chi connectivity index (χ1v) is 8.52. The van der Waals surface area contributed by atoms with Gasteiger partial charge in [-0.05, 0) is 67.9 Å². The van der Waals surface area contributed by atoms with Crippen molar-refractivity contribution in [3.8, 4) is 0 Å². The lowest BCUT2D eigenvalue weighted by Crippen LogP contribution is -2.34. The fourth-order valence-corrected chi connectivity index (χ4v) is 3.83. The Morgan fingerprint density at radius 1 is 1.05 bits per heavy atom. The van der Waals surface area contributed by atoms with E-state index in [-0.39, 0.29) is 0 Å². The van der Waals surface area contributed by atoms with Crippen molar-refractivity contribution in [2.45, 2.75) is 57.9 Å². The van der Waals surface area contributed by atoms with Gasteiger partial charge in [0.25, 0.3) is 0 Å². The molecule has 0 amide bonds. The van der Waals surface area contributed by atoms with Crippen molar-refractivity contribution < 1.29 is 0 Å². The van der Waals surface area contributed by atoms with Crippen LogP contribution in [0, 0.1) is 17.8 Å². The van der Waals surface area contributed by atoms with Crippen LogP contribution in [-0.4, -0.2) is 12.6 Å². The third-order valence-electron chi connectivity index (χ3n) is 5.45. The van der Waals surface area contributed by atoms with Gasteiger partial charge in [-0.2, -0.15) is 0 Å². The molecule has 2 fully saturated rings. The van der Waals surface area contributed by atoms with Crippen LogP contribution in [0.15, 0.2) is 30.3 Å². The molecule has 1 N–H and O–H groups in total. The summed E-state index contributed by atoms with van der Waals surface area (Å²) in [4.78, 5) is 0. The van der Waals surface area contributed by atoms with Gasteiger partial charge in [0.2, 0.25) is 0 Å². The minimum absolute atomic E-state index is 0.767. The van der Waals surface area contributed by atoms with E-state index < -0.39 is 0 Å². The van der Waals surface area contributed by atoms with Crippen molar-refractivity contribution in [1.82, 2.24) is 5.32 Å². The predicted octanol–water partition coefficient (Wildman–Crippen LogP) is 4.59. The highest BCUT2D eigenvalue weighted by Gasteiger charge is 2.33. The number of hydrogen-bond donors (Lipinski definition) is 1. The van der Waals surface area contributed by atoms with Gasteiger partial charge >= 0.3 is 0 Å². The largest absolute Gasteiger partial charge is 0.314 e. The van der Waals surface area contributed by atoms with Gasteiger partial charge in [0.1, 0.15) is 0 Å². The molecule has 1 aromatic carbocycles. The summed E-state index contributed by atoms with van der Waals surface area (Å²) in [6.07, 6.45) is 7.02. The normalized spacial score (nSPS) is 30.6. The maximum absolute atomic E-state index is 3.77. The first-order valence-electron chi connectivity index (χ1n) is 8.52. The van der Waals surface area contributed by atoms with E-state index in [0.29, 0.717) is 0 Å². The number of nitrogens with one attached hydrogen (secondary N) is 1. The van der Waals surface area contributed by atoms with Gasteiger partial charge in [0.05, 0.1) is 0 Å². The highest BCUT2D eigenvalue weighted by molar-refractivity contribution is 5.21. The summed E-state index contributed by atoms with van der Waals surface area (Å²) in [6.45, 7) is 6.03. The van der Waals surface area contributed by atoms with Crippen LogP contribution >= 0.6 is 0 Å². The van der Waals surface area contributed by atoms with Gasteiger partial charge in [0, 0.05) is 6.04 Å². The van der Waals surface area contributed by atoms with E-state index >= 15 is 0 Å². The van der Waals surface area contributed by atoms with Gasteiger partial charge in [-0.3, -0.25) is 0 Å². The molecule has 0 bridgehead atoms. The molecule has 1 nitrogen and oxygen atoms in total. The van der Waals surface area contributed by atoms with Crippen LogP contribution in [0.2, 0.25) is 0 Å². The molecule has 2 aliphatic rings. The van der Waals surface area contributed by atoms with Gasteiger partial charge in [-0.15, -0.1) is 0 Å². The second kappa shape index (κ2) is 6.30. The average molecular weight is 271 g/mol. The minimum Gasteiger partial charge on any atom is -0.314 e. The molecule has 1 heteroatoms. The Morgan fingerprint density at radius 2 is 1.80 bits per heavy atom. The lowest BCUT2D eigenvalue weighted by atomic mass is 9.68.